The number of likely N-dealkylation sites (N-methyl/N-ethyl adjacent to an activating group) is 1. The van der Waals surface area contributed by atoms with Crippen molar-refractivity contribution in [3.63, 3.8) is 0 Å². The average molecular weight is 313 g/mol. The predicted octanol–water partition coefficient (Wildman–Crippen LogP) is 0.751. The van der Waals surface area contributed by atoms with Crippen LogP contribution in [0.1, 0.15) is 20.8 Å². The van der Waals surface area contributed by atoms with Crippen LogP contribution in [0.2, 0.25) is 0 Å². The molecule has 0 bridgehead atoms. The van der Waals surface area contributed by atoms with Crippen molar-refractivity contribution >= 4 is 18.7 Å². The quantitative estimate of drug-likeness (QED) is 0.784. The molecule has 0 saturated heterocycles. The lowest BCUT2D eigenvalue weighted by Crippen LogP contribution is -2.36. The van der Waals surface area contributed by atoms with Crippen molar-refractivity contribution in [2.75, 3.05) is 20.2 Å². The second-order valence-corrected chi connectivity index (χ2v) is 5.81. The van der Waals surface area contributed by atoms with Crippen molar-refractivity contribution in [2.24, 2.45) is 0 Å². The fraction of sp³-hybridized carbons (Fsp3) is 0.500. The minimum atomic E-state index is -1.70. The van der Waals surface area contributed by atoms with Gasteiger partial charge in [0.2, 0.25) is 0 Å². The molecule has 0 radical (unpaired) electrons. The monoisotopic (exact) mass is 313 g/mol. The van der Waals surface area contributed by atoms with E-state index in [1.165, 1.54) is 17.0 Å². The van der Waals surface area contributed by atoms with Crippen LogP contribution in [0.15, 0.2) is 18.2 Å². The van der Waals surface area contributed by atoms with Gasteiger partial charge in [-0.2, -0.15) is 0 Å². The predicted molar refractivity (Wildman–Crippen MR) is 80.6 cm³/mol. The zero-order valence-corrected chi connectivity index (χ0v) is 13.2. The molecule has 0 atom stereocenters. The third-order valence-corrected chi connectivity index (χ3v) is 2.64. The summed E-state index contributed by atoms with van der Waals surface area (Å²) >= 11 is 0. The molecule has 0 saturated carbocycles. The van der Waals surface area contributed by atoms with Crippen molar-refractivity contribution in [3.05, 3.63) is 24.0 Å². The zero-order valence-electron chi connectivity index (χ0n) is 13.2. The molecule has 6 nitrogen and oxygen atoms in total. The van der Waals surface area contributed by atoms with Crippen LogP contribution in [0.4, 0.5) is 9.18 Å². The SMILES string of the molecule is CN(CCOc1cc(B(O)O)ccc1F)C(=O)OC(C)(C)C. The highest BCUT2D eigenvalue weighted by Gasteiger charge is 2.19. The van der Waals surface area contributed by atoms with Crippen molar-refractivity contribution in [2.45, 2.75) is 26.4 Å². The summed E-state index contributed by atoms with van der Waals surface area (Å²) in [5.74, 6) is -0.729. The van der Waals surface area contributed by atoms with Gasteiger partial charge in [-0.25, -0.2) is 9.18 Å². The first-order chi connectivity index (χ1) is 10.1. The van der Waals surface area contributed by atoms with E-state index in [4.69, 9.17) is 19.5 Å². The summed E-state index contributed by atoms with van der Waals surface area (Å²) in [5, 5.41) is 18.1. The van der Waals surface area contributed by atoms with Gasteiger partial charge >= 0.3 is 13.2 Å². The number of nitrogens with zero attached hydrogens (tertiary/aromatic N) is 1. The standard InChI is InChI=1S/C14H21BFNO5/c1-14(2,3)22-13(18)17(4)7-8-21-12-9-10(15(19)20)5-6-11(12)16/h5-6,9,19-20H,7-8H2,1-4H3. The lowest BCUT2D eigenvalue weighted by molar-refractivity contribution is 0.0277. The summed E-state index contributed by atoms with van der Waals surface area (Å²) in [6.07, 6.45) is -0.504. The molecule has 0 aliphatic heterocycles. The van der Waals surface area contributed by atoms with Gasteiger partial charge in [0.25, 0.3) is 0 Å². The largest absolute Gasteiger partial charge is 0.489 e. The fourth-order valence-electron chi connectivity index (χ4n) is 1.51. The van der Waals surface area contributed by atoms with E-state index in [1.807, 2.05) is 0 Å². The molecule has 1 rings (SSSR count). The van der Waals surface area contributed by atoms with Gasteiger partial charge in [-0.1, -0.05) is 6.07 Å². The van der Waals surface area contributed by atoms with E-state index in [2.05, 4.69) is 0 Å². The summed E-state index contributed by atoms with van der Waals surface area (Å²) in [7, 11) is -0.158. The Kier molecular flexibility index (Phi) is 6.19. The molecular formula is C14H21BFNO5. The number of rotatable bonds is 5. The second-order valence-electron chi connectivity index (χ2n) is 5.81. The normalized spacial score (nSPS) is 11.0. The molecule has 0 aliphatic carbocycles. The number of hydrogen-bond donors (Lipinski definition) is 2. The van der Waals surface area contributed by atoms with E-state index in [0.717, 1.165) is 6.07 Å². The Bertz CT molecular complexity index is 518. The van der Waals surface area contributed by atoms with E-state index in [0.29, 0.717) is 0 Å². The number of benzene rings is 1. The Morgan fingerprint density at radius 1 is 1.36 bits per heavy atom. The van der Waals surface area contributed by atoms with Gasteiger partial charge in [0.05, 0.1) is 6.54 Å². The van der Waals surface area contributed by atoms with Crippen LogP contribution in [0.25, 0.3) is 0 Å². The first kappa shape index (κ1) is 18.3. The van der Waals surface area contributed by atoms with E-state index >= 15 is 0 Å². The van der Waals surface area contributed by atoms with E-state index in [9.17, 15) is 9.18 Å². The molecular weight excluding hydrogens is 292 g/mol. The lowest BCUT2D eigenvalue weighted by Gasteiger charge is -2.24. The number of ether oxygens (including phenoxy) is 2. The maximum atomic E-state index is 13.5. The van der Waals surface area contributed by atoms with Crippen LogP contribution < -0.4 is 10.2 Å². The molecule has 122 valence electrons. The first-order valence-corrected chi connectivity index (χ1v) is 6.82. The van der Waals surface area contributed by atoms with E-state index < -0.39 is 24.6 Å². The number of carbonyl (C=O) groups excluding carboxylic acids is 1. The maximum absolute atomic E-state index is 13.5. The van der Waals surface area contributed by atoms with Gasteiger partial charge in [0, 0.05) is 7.05 Å². The van der Waals surface area contributed by atoms with Crippen molar-refractivity contribution < 1.29 is 28.7 Å². The highest BCUT2D eigenvalue weighted by atomic mass is 19.1. The molecule has 8 heteroatoms. The fourth-order valence-corrected chi connectivity index (χ4v) is 1.51. The van der Waals surface area contributed by atoms with Crippen LogP contribution in [0.3, 0.4) is 0 Å². The number of halogens is 1. The third-order valence-electron chi connectivity index (χ3n) is 2.64. The molecule has 0 heterocycles. The van der Waals surface area contributed by atoms with E-state index in [1.54, 1.807) is 27.8 Å². The summed E-state index contributed by atoms with van der Waals surface area (Å²) in [4.78, 5) is 13.0. The summed E-state index contributed by atoms with van der Waals surface area (Å²) in [6, 6.07) is 3.54. The Morgan fingerprint density at radius 3 is 2.55 bits per heavy atom. The van der Waals surface area contributed by atoms with E-state index in [-0.39, 0.29) is 24.4 Å². The summed E-state index contributed by atoms with van der Waals surface area (Å²) in [5.41, 5.74) is -0.471. The Hall–Kier alpha value is -1.80. The Labute approximate surface area is 129 Å². The van der Waals surface area contributed by atoms with Crippen molar-refractivity contribution in [1.29, 1.82) is 0 Å². The maximum Gasteiger partial charge on any atom is 0.488 e. The highest BCUT2D eigenvalue weighted by molar-refractivity contribution is 6.58. The van der Waals surface area contributed by atoms with Crippen LogP contribution >= 0.6 is 0 Å². The molecule has 1 aromatic rings. The Balaban J connectivity index is 2.53. The lowest BCUT2D eigenvalue weighted by atomic mass is 9.80. The molecule has 22 heavy (non-hydrogen) atoms. The smallest absolute Gasteiger partial charge is 0.488 e. The number of carbonyl (C=O) groups is 1. The Morgan fingerprint density at radius 2 is 2.00 bits per heavy atom. The molecule has 0 unspecified atom stereocenters. The first-order valence-electron chi connectivity index (χ1n) is 6.82. The van der Waals surface area contributed by atoms with Gasteiger partial charge in [-0.15, -0.1) is 0 Å². The van der Waals surface area contributed by atoms with Crippen molar-refractivity contribution in [3.8, 4) is 5.75 Å². The minimum absolute atomic E-state index is 0.0393. The number of hydrogen-bond acceptors (Lipinski definition) is 5. The molecule has 0 aliphatic rings. The van der Waals surface area contributed by atoms with Crippen LogP contribution in [0, 0.1) is 5.82 Å². The van der Waals surface area contributed by atoms with Gasteiger partial charge in [-0.05, 0) is 38.4 Å². The highest BCUT2D eigenvalue weighted by Crippen LogP contribution is 2.15. The van der Waals surface area contributed by atoms with Gasteiger partial charge in [-0.3, -0.25) is 0 Å². The molecule has 2 N–H and O–H groups in total. The molecule has 0 aromatic heterocycles. The van der Waals surface area contributed by atoms with Gasteiger partial charge in [0.15, 0.2) is 11.6 Å². The van der Waals surface area contributed by atoms with Crippen LogP contribution in [-0.2, 0) is 4.74 Å². The summed E-state index contributed by atoms with van der Waals surface area (Å²) < 4.78 is 23.9. The summed E-state index contributed by atoms with van der Waals surface area (Å²) in [6.45, 7) is 5.51. The van der Waals surface area contributed by atoms with Crippen LogP contribution in [-0.4, -0.2) is 54.0 Å². The average Bonchev–Trinajstić information content (AvgIpc) is 2.38. The van der Waals surface area contributed by atoms with Gasteiger partial charge in [0.1, 0.15) is 12.2 Å². The molecule has 0 fully saturated rings. The van der Waals surface area contributed by atoms with Gasteiger partial charge < -0.3 is 24.4 Å². The van der Waals surface area contributed by atoms with Crippen molar-refractivity contribution in [1.82, 2.24) is 4.90 Å². The zero-order chi connectivity index (χ0) is 16.9. The topological polar surface area (TPSA) is 79.2 Å². The molecule has 1 amide bonds. The molecule has 0 spiro atoms. The second kappa shape index (κ2) is 7.46. The third kappa shape index (κ3) is 5.91. The number of amides is 1. The molecule has 1 aromatic carbocycles. The minimum Gasteiger partial charge on any atom is -0.489 e. The van der Waals surface area contributed by atoms with Crippen LogP contribution in [0.5, 0.6) is 5.75 Å².